The molecule has 1 aliphatic heterocycles. The number of nitrogens with zero attached hydrogens (tertiary/aromatic N) is 2. The van der Waals surface area contributed by atoms with E-state index in [0.717, 1.165) is 0 Å². The predicted octanol–water partition coefficient (Wildman–Crippen LogP) is 0.536. The van der Waals surface area contributed by atoms with E-state index in [9.17, 15) is 4.79 Å². The maximum absolute atomic E-state index is 11.4. The molecule has 0 saturated carbocycles. The largest absolute Gasteiger partial charge is 0.352 e. The highest BCUT2D eigenvalue weighted by atomic mass is 16.5. The normalized spacial score (nSPS) is 24.3. The summed E-state index contributed by atoms with van der Waals surface area (Å²) in [5, 5.41) is 8.65. The van der Waals surface area contributed by atoms with Crippen molar-refractivity contribution in [3.63, 3.8) is 0 Å². The van der Waals surface area contributed by atoms with Crippen LogP contribution in [0.3, 0.4) is 0 Å². The van der Waals surface area contributed by atoms with Crippen molar-refractivity contribution in [2.24, 2.45) is 0 Å². The minimum Gasteiger partial charge on any atom is -0.352 e. The first-order valence-corrected chi connectivity index (χ1v) is 4.27. The summed E-state index contributed by atoms with van der Waals surface area (Å²) in [5.41, 5.74) is -0.226. The second-order valence-electron chi connectivity index (χ2n) is 4.10. The molecule has 0 aromatic carbocycles. The van der Waals surface area contributed by atoms with E-state index >= 15 is 0 Å². The molecule has 1 amide bonds. The van der Waals surface area contributed by atoms with Crippen molar-refractivity contribution in [3.05, 3.63) is 0 Å². The van der Waals surface area contributed by atoms with Gasteiger partial charge in [-0.25, -0.2) is 0 Å². The standard InChI is InChI=1S/C9H14N2O2/c1-9(2,3)11-5-7(4-10)13-6-8(11)12/h7H,5-6H2,1-3H3. The molecule has 0 aromatic rings. The quantitative estimate of drug-likeness (QED) is 0.549. The minimum atomic E-state index is -0.475. The highest BCUT2D eigenvalue weighted by Gasteiger charge is 2.33. The molecule has 4 nitrogen and oxygen atoms in total. The van der Waals surface area contributed by atoms with Crippen molar-refractivity contribution >= 4 is 5.91 Å². The van der Waals surface area contributed by atoms with Gasteiger partial charge in [-0.2, -0.15) is 5.26 Å². The number of carbonyl (C=O) groups excluding carboxylic acids is 1. The molecule has 0 radical (unpaired) electrons. The summed E-state index contributed by atoms with van der Waals surface area (Å²) in [6.45, 7) is 6.24. The summed E-state index contributed by atoms with van der Waals surface area (Å²) >= 11 is 0. The maximum atomic E-state index is 11.4. The van der Waals surface area contributed by atoms with Gasteiger partial charge in [-0.3, -0.25) is 4.79 Å². The van der Waals surface area contributed by atoms with Crippen LogP contribution >= 0.6 is 0 Å². The van der Waals surface area contributed by atoms with Gasteiger partial charge >= 0.3 is 0 Å². The number of hydrogen-bond acceptors (Lipinski definition) is 3. The fraction of sp³-hybridized carbons (Fsp3) is 0.778. The van der Waals surface area contributed by atoms with Gasteiger partial charge in [0, 0.05) is 5.54 Å². The summed E-state index contributed by atoms with van der Waals surface area (Å²) < 4.78 is 5.01. The Bertz CT molecular complexity index is 249. The Kier molecular flexibility index (Phi) is 2.58. The van der Waals surface area contributed by atoms with Crippen molar-refractivity contribution in [3.8, 4) is 6.07 Å². The lowest BCUT2D eigenvalue weighted by Gasteiger charge is -2.39. The molecule has 1 atom stereocenters. The molecule has 1 aliphatic rings. The summed E-state index contributed by atoms with van der Waals surface area (Å²) in [5.74, 6) is -0.0426. The van der Waals surface area contributed by atoms with Crippen LogP contribution in [0, 0.1) is 11.3 Å². The third-order valence-corrected chi connectivity index (χ3v) is 2.01. The summed E-state index contributed by atoms with van der Waals surface area (Å²) in [4.78, 5) is 13.1. The number of rotatable bonds is 0. The Morgan fingerprint density at radius 2 is 2.23 bits per heavy atom. The molecule has 1 fully saturated rings. The van der Waals surface area contributed by atoms with Crippen LogP contribution in [0.15, 0.2) is 0 Å². The second kappa shape index (κ2) is 3.35. The van der Waals surface area contributed by atoms with E-state index in [0.29, 0.717) is 6.54 Å². The van der Waals surface area contributed by atoms with Crippen LogP contribution in [0.5, 0.6) is 0 Å². The predicted molar refractivity (Wildman–Crippen MR) is 46.8 cm³/mol. The molecule has 1 rings (SSSR count). The van der Waals surface area contributed by atoms with Gasteiger partial charge in [-0.1, -0.05) is 0 Å². The molecule has 0 spiro atoms. The van der Waals surface area contributed by atoms with Crippen molar-refractivity contribution in [1.29, 1.82) is 5.26 Å². The van der Waals surface area contributed by atoms with Crippen LogP contribution in [-0.4, -0.2) is 35.6 Å². The van der Waals surface area contributed by atoms with Crippen molar-refractivity contribution < 1.29 is 9.53 Å². The summed E-state index contributed by atoms with van der Waals surface area (Å²) in [7, 11) is 0. The molecule has 72 valence electrons. The number of hydrogen-bond donors (Lipinski definition) is 0. The van der Waals surface area contributed by atoms with E-state index in [1.165, 1.54) is 0 Å². The van der Waals surface area contributed by atoms with Crippen molar-refractivity contribution in [2.45, 2.75) is 32.4 Å². The first-order chi connectivity index (χ1) is 5.95. The zero-order valence-corrected chi connectivity index (χ0v) is 8.20. The van der Waals surface area contributed by atoms with Crippen LogP contribution < -0.4 is 0 Å². The smallest absolute Gasteiger partial charge is 0.249 e. The summed E-state index contributed by atoms with van der Waals surface area (Å²) in [6, 6.07) is 2.01. The van der Waals surface area contributed by atoms with Gasteiger partial charge in [0.05, 0.1) is 12.6 Å². The lowest BCUT2D eigenvalue weighted by atomic mass is 10.0. The monoisotopic (exact) mass is 182 g/mol. The Morgan fingerprint density at radius 3 is 2.69 bits per heavy atom. The zero-order chi connectivity index (χ0) is 10.1. The number of carbonyl (C=O) groups is 1. The Morgan fingerprint density at radius 1 is 1.62 bits per heavy atom. The fourth-order valence-electron chi connectivity index (χ4n) is 1.30. The Hall–Kier alpha value is -1.08. The van der Waals surface area contributed by atoms with E-state index in [2.05, 4.69) is 0 Å². The van der Waals surface area contributed by atoms with E-state index in [-0.39, 0.29) is 18.1 Å². The van der Waals surface area contributed by atoms with Crippen LogP contribution in [0.25, 0.3) is 0 Å². The minimum absolute atomic E-state index is 0.0233. The number of ether oxygens (including phenoxy) is 1. The lowest BCUT2D eigenvalue weighted by Crippen LogP contribution is -2.54. The topological polar surface area (TPSA) is 53.3 Å². The fourth-order valence-corrected chi connectivity index (χ4v) is 1.30. The summed E-state index contributed by atoms with van der Waals surface area (Å²) in [6.07, 6.45) is -0.475. The van der Waals surface area contributed by atoms with Gasteiger partial charge in [-0.05, 0) is 20.8 Å². The molecular formula is C9H14N2O2. The number of nitriles is 1. The van der Waals surface area contributed by atoms with E-state index in [1.807, 2.05) is 26.8 Å². The molecule has 0 aromatic heterocycles. The van der Waals surface area contributed by atoms with E-state index in [4.69, 9.17) is 10.00 Å². The molecule has 0 aliphatic carbocycles. The van der Waals surface area contributed by atoms with Gasteiger partial charge in [0.1, 0.15) is 6.61 Å². The van der Waals surface area contributed by atoms with Gasteiger partial charge in [-0.15, -0.1) is 0 Å². The SMILES string of the molecule is CC(C)(C)N1CC(C#N)OCC1=O. The highest BCUT2D eigenvalue weighted by molar-refractivity contribution is 5.79. The third-order valence-electron chi connectivity index (χ3n) is 2.01. The van der Waals surface area contributed by atoms with Crippen LogP contribution in [0.2, 0.25) is 0 Å². The third kappa shape index (κ3) is 2.19. The van der Waals surface area contributed by atoms with Crippen LogP contribution in [0.1, 0.15) is 20.8 Å². The first kappa shape index (κ1) is 10.0. The molecule has 4 heteroatoms. The van der Waals surface area contributed by atoms with Crippen LogP contribution in [-0.2, 0) is 9.53 Å². The molecule has 0 bridgehead atoms. The maximum Gasteiger partial charge on any atom is 0.249 e. The Balaban J connectivity index is 2.73. The molecule has 1 saturated heterocycles. The number of amides is 1. The average Bonchev–Trinajstić information content (AvgIpc) is 2.03. The van der Waals surface area contributed by atoms with Gasteiger partial charge in [0.15, 0.2) is 6.10 Å². The average molecular weight is 182 g/mol. The van der Waals surface area contributed by atoms with E-state index in [1.54, 1.807) is 4.90 Å². The first-order valence-electron chi connectivity index (χ1n) is 4.27. The highest BCUT2D eigenvalue weighted by Crippen LogP contribution is 2.17. The second-order valence-corrected chi connectivity index (χ2v) is 4.10. The van der Waals surface area contributed by atoms with Gasteiger partial charge in [0.25, 0.3) is 0 Å². The number of morpholine rings is 1. The zero-order valence-electron chi connectivity index (χ0n) is 8.20. The van der Waals surface area contributed by atoms with Gasteiger partial charge < -0.3 is 9.64 Å². The molecule has 1 unspecified atom stereocenters. The van der Waals surface area contributed by atoms with Crippen molar-refractivity contribution in [1.82, 2.24) is 4.90 Å². The van der Waals surface area contributed by atoms with E-state index < -0.39 is 6.10 Å². The van der Waals surface area contributed by atoms with Crippen molar-refractivity contribution in [2.75, 3.05) is 13.2 Å². The van der Waals surface area contributed by atoms with Crippen LogP contribution in [0.4, 0.5) is 0 Å². The molecule has 0 N–H and O–H groups in total. The lowest BCUT2D eigenvalue weighted by molar-refractivity contribution is -0.152. The molecule has 13 heavy (non-hydrogen) atoms. The molecular weight excluding hydrogens is 168 g/mol. The molecule has 1 heterocycles. The van der Waals surface area contributed by atoms with Gasteiger partial charge in [0.2, 0.25) is 5.91 Å². The Labute approximate surface area is 78.1 Å².